The van der Waals surface area contributed by atoms with Crippen LogP contribution in [0.3, 0.4) is 0 Å². The van der Waals surface area contributed by atoms with Gasteiger partial charge in [0.25, 0.3) is 0 Å². The van der Waals surface area contributed by atoms with Gasteiger partial charge >= 0.3 is 0 Å². The number of hydrogen-bond donors (Lipinski definition) is 0. The average Bonchev–Trinajstić information content (AvgIpc) is 2.64. The molecule has 0 aromatic carbocycles. The highest BCUT2D eigenvalue weighted by Crippen LogP contribution is 2.39. The molecule has 0 aliphatic heterocycles. The van der Waals surface area contributed by atoms with Gasteiger partial charge in [0.1, 0.15) is 6.29 Å². The van der Waals surface area contributed by atoms with E-state index in [-0.39, 0.29) is 10.8 Å². The molecule has 0 aliphatic carbocycles. The molecule has 0 saturated carbocycles. The van der Waals surface area contributed by atoms with E-state index in [0.717, 1.165) is 6.29 Å². The summed E-state index contributed by atoms with van der Waals surface area (Å²) in [5.41, 5.74) is 1.78. The van der Waals surface area contributed by atoms with Crippen LogP contribution in [0.4, 0.5) is 0 Å². The fourth-order valence-electron chi connectivity index (χ4n) is 2.85. The van der Waals surface area contributed by atoms with Crippen LogP contribution in [0.1, 0.15) is 41.5 Å². The van der Waals surface area contributed by atoms with Crippen LogP contribution < -0.4 is 0 Å². The molecule has 0 spiro atoms. The molecule has 0 amide bonds. The van der Waals surface area contributed by atoms with Gasteiger partial charge in [-0.1, -0.05) is 156 Å². The standard InChI is InChI=1S/C29H38O/c1-28(2,3)27(29(4,5)6)25-23-21-19-17-15-13-11-9-7-8-10-12-14-16-18-20-22-24-26-30/h7-26H,1-6H3/b8-7+,11-9+,12-10+,15-13+,16-14+,19-17+,20-18+,23-21+,24-22+. The van der Waals surface area contributed by atoms with Gasteiger partial charge in [0.05, 0.1) is 0 Å². The van der Waals surface area contributed by atoms with Crippen LogP contribution in [0.25, 0.3) is 0 Å². The van der Waals surface area contributed by atoms with Crippen molar-refractivity contribution in [2.24, 2.45) is 10.8 Å². The predicted molar refractivity (Wildman–Crippen MR) is 135 cm³/mol. The maximum Gasteiger partial charge on any atom is 0.142 e. The highest BCUT2D eigenvalue weighted by atomic mass is 16.1. The highest BCUT2D eigenvalue weighted by molar-refractivity contribution is 5.65. The van der Waals surface area contributed by atoms with Gasteiger partial charge in [-0.3, -0.25) is 4.79 Å². The summed E-state index contributed by atoms with van der Waals surface area (Å²) in [6.45, 7) is 13.6. The zero-order valence-corrected chi connectivity index (χ0v) is 19.5. The van der Waals surface area contributed by atoms with Crippen LogP contribution in [-0.2, 0) is 4.79 Å². The smallest absolute Gasteiger partial charge is 0.142 e. The van der Waals surface area contributed by atoms with E-state index in [9.17, 15) is 4.79 Å². The van der Waals surface area contributed by atoms with Crippen molar-refractivity contribution in [3.63, 3.8) is 0 Å². The van der Waals surface area contributed by atoms with Crippen LogP contribution in [0, 0.1) is 10.8 Å². The zero-order chi connectivity index (χ0) is 22.7. The van der Waals surface area contributed by atoms with Gasteiger partial charge in [-0.05, 0) is 16.9 Å². The summed E-state index contributed by atoms with van der Waals surface area (Å²) in [6.07, 6.45) is 37.7. The second kappa shape index (κ2) is 15.9. The van der Waals surface area contributed by atoms with Crippen LogP contribution in [0.5, 0.6) is 0 Å². The molecule has 0 unspecified atom stereocenters. The molecule has 0 atom stereocenters. The van der Waals surface area contributed by atoms with Gasteiger partial charge in [-0.25, -0.2) is 0 Å². The monoisotopic (exact) mass is 402 g/mol. The third-order valence-electron chi connectivity index (χ3n) is 3.85. The molecule has 1 nitrogen and oxygen atoms in total. The third-order valence-corrected chi connectivity index (χ3v) is 3.85. The number of rotatable bonds is 10. The van der Waals surface area contributed by atoms with Crippen LogP contribution in [0.2, 0.25) is 0 Å². The van der Waals surface area contributed by atoms with Gasteiger partial charge in [0, 0.05) is 0 Å². The van der Waals surface area contributed by atoms with Crippen LogP contribution in [0.15, 0.2) is 121 Å². The van der Waals surface area contributed by atoms with E-state index in [1.807, 2.05) is 79.0 Å². The highest BCUT2D eigenvalue weighted by Gasteiger charge is 2.26. The molecule has 0 bridgehead atoms. The van der Waals surface area contributed by atoms with Crippen molar-refractivity contribution in [3.05, 3.63) is 121 Å². The van der Waals surface area contributed by atoms with E-state index in [0.29, 0.717) is 0 Å². The first-order valence-electron chi connectivity index (χ1n) is 10.4. The van der Waals surface area contributed by atoms with E-state index < -0.39 is 0 Å². The second-order valence-corrected chi connectivity index (χ2v) is 8.68. The Labute approximate surface area is 184 Å². The maximum atomic E-state index is 10.1. The molecule has 0 rings (SSSR count). The molecule has 0 heterocycles. The number of allylic oxidation sites excluding steroid dienone is 20. The quantitative estimate of drug-likeness (QED) is 0.204. The Morgan fingerprint density at radius 1 is 0.400 bits per heavy atom. The lowest BCUT2D eigenvalue weighted by molar-refractivity contribution is -0.104. The SMILES string of the molecule is CC(C)(C)C(=C/C=C/C=C/C=C/C=C/C=C/C=C/C=C/C=C/C=C/C=O)C(C)(C)C. The first-order valence-corrected chi connectivity index (χ1v) is 10.4. The Morgan fingerprint density at radius 2 is 0.633 bits per heavy atom. The molecule has 0 N–H and O–H groups in total. The molecule has 0 radical (unpaired) electrons. The first-order chi connectivity index (χ1) is 14.2. The largest absolute Gasteiger partial charge is 0.299 e. The molecule has 0 aliphatic rings. The minimum Gasteiger partial charge on any atom is -0.299 e. The van der Waals surface area contributed by atoms with Crippen molar-refractivity contribution in [2.75, 3.05) is 0 Å². The first kappa shape index (κ1) is 27.1. The Balaban J connectivity index is 4.36. The fourth-order valence-corrected chi connectivity index (χ4v) is 2.85. The molecule has 0 aromatic heterocycles. The lowest BCUT2D eigenvalue weighted by atomic mass is 9.72. The average molecular weight is 403 g/mol. The lowest BCUT2D eigenvalue weighted by Crippen LogP contribution is -2.22. The summed E-state index contributed by atoms with van der Waals surface area (Å²) < 4.78 is 0. The summed E-state index contributed by atoms with van der Waals surface area (Å²) in [4.78, 5) is 10.1. The zero-order valence-electron chi connectivity index (χ0n) is 19.5. The molecule has 0 saturated heterocycles. The van der Waals surface area contributed by atoms with Gasteiger partial charge in [0.2, 0.25) is 0 Å². The fraction of sp³-hybridized carbons (Fsp3) is 0.276. The molecule has 0 fully saturated rings. The van der Waals surface area contributed by atoms with Gasteiger partial charge in [-0.15, -0.1) is 0 Å². The second-order valence-electron chi connectivity index (χ2n) is 8.68. The summed E-state index contributed by atoms with van der Waals surface area (Å²) in [7, 11) is 0. The Bertz CT molecular complexity index is 755. The van der Waals surface area contributed by atoms with E-state index in [1.165, 1.54) is 11.6 Å². The van der Waals surface area contributed by atoms with Crippen LogP contribution in [-0.4, -0.2) is 6.29 Å². The van der Waals surface area contributed by atoms with E-state index in [4.69, 9.17) is 0 Å². The normalized spacial score (nSPS) is 14.6. The van der Waals surface area contributed by atoms with Crippen molar-refractivity contribution in [3.8, 4) is 0 Å². The van der Waals surface area contributed by atoms with Crippen molar-refractivity contribution in [1.82, 2.24) is 0 Å². The predicted octanol–water partition coefficient (Wildman–Crippen LogP) is 8.21. The van der Waals surface area contributed by atoms with Gasteiger partial charge in [-0.2, -0.15) is 0 Å². The van der Waals surface area contributed by atoms with Crippen molar-refractivity contribution in [1.29, 1.82) is 0 Å². The Hall–Kier alpha value is -2.93. The molecule has 1 heteroatoms. The minimum atomic E-state index is 0.169. The molecular formula is C29H38O. The maximum absolute atomic E-state index is 10.1. The summed E-state index contributed by atoms with van der Waals surface area (Å²) in [5.74, 6) is 0. The molecule has 0 aromatic rings. The molecule has 30 heavy (non-hydrogen) atoms. The van der Waals surface area contributed by atoms with E-state index >= 15 is 0 Å². The lowest BCUT2D eigenvalue weighted by Gasteiger charge is -2.33. The number of hydrogen-bond acceptors (Lipinski definition) is 1. The van der Waals surface area contributed by atoms with Crippen molar-refractivity contribution in [2.45, 2.75) is 41.5 Å². The van der Waals surface area contributed by atoms with Crippen molar-refractivity contribution < 1.29 is 4.79 Å². The Morgan fingerprint density at radius 3 is 0.867 bits per heavy atom. The van der Waals surface area contributed by atoms with Gasteiger partial charge in [0.15, 0.2) is 0 Å². The topological polar surface area (TPSA) is 17.1 Å². The van der Waals surface area contributed by atoms with E-state index in [2.05, 4.69) is 59.8 Å². The minimum absolute atomic E-state index is 0.169. The van der Waals surface area contributed by atoms with Crippen molar-refractivity contribution >= 4 is 6.29 Å². The van der Waals surface area contributed by atoms with E-state index in [1.54, 1.807) is 12.2 Å². The Kier molecular flexibility index (Phi) is 14.4. The number of aldehydes is 1. The number of carbonyl (C=O) groups excluding carboxylic acids is 1. The third kappa shape index (κ3) is 16.1. The van der Waals surface area contributed by atoms with Crippen LogP contribution >= 0.6 is 0 Å². The van der Waals surface area contributed by atoms with Gasteiger partial charge < -0.3 is 0 Å². The molecule has 160 valence electrons. The summed E-state index contributed by atoms with van der Waals surface area (Å²) in [5, 5.41) is 0. The summed E-state index contributed by atoms with van der Waals surface area (Å²) in [6, 6.07) is 0. The summed E-state index contributed by atoms with van der Waals surface area (Å²) >= 11 is 0. The molecular weight excluding hydrogens is 364 g/mol. The number of carbonyl (C=O) groups is 1.